The fourth-order valence-corrected chi connectivity index (χ4v) is 2.37. The van der Waals surface area contributed by atoms with E-state index >= 15 is 0 Å². The van der Waals surface area contributed by atoms with Crippen molar-refractivity contribution in [1.29, 1.82) is 0 Å². The largest absolute Gasteiger partial charge is 0.381 e. The molecule has 1 saturated heterocycles. The lowest BCUT2D eigenvalue weighted by molar-refractivity contribution is -0.135. The van der Waals surface area contributed by atoms with E-state index in [2.05, 4.69) is 10.6 Å². The van der Waals surface area contributed by atoms with Gasteiger partial charge >= 0.3 is 0 Å². The van der Waals surface area contributed by atoms with Crippen LogP contribution in [-0.2, 0) is 9.53 Å². The Morgan fingerprint density at radius 1 is 1.22 bits per heavy atom. The number of rotatable bonds is 1. The van der Waals surface area contributed by atoms with E-state index in [0.717, 1.165) is 11.4 Å². The van der Waals surface area contributed by atoms with Crippen molar-refractivity contribution in [2.24, 2.45) is 0 Å². The molecule has 18 heavy (non-hydrogen) atoms. The van der Waals surface area contributed by atoms with Crippen molar-refractivity contribution in [3.8, 4) is 0 Å². The maximum absolute atomic E-state index is 12.3. The molecule has 2 N–H and O–H groups in total. The Labute approximate surface area is 106 Å². The highest BCUT2D eigenvalue weighted by molar-refractivity contribution is 5.88. The molecule has 0 aliphatic carbocycles. The number of morpholine rings is 1. The number of benzene rings is 1. The third kappa shape index (κ3) is 2.13. The van der Waals surface area contributed by atoms with E-state index in [1.54, 1.807) is 0 Å². The van der Waals surface area contributed by atoms with Crippen LogP contribution in [0.4, 0.5) is 11.4 Å². The first-order valence-electron chi connectivity index (χ1n) is 6.30. The topological polar surface area (TPSA) is 53.6 Å². The Hall–Kier alpha value is -1.75. The smallest absolute Gasteiger partial charge is 0.247 e. The molecular weight excluding hydrogens is 230 g/mol. The van der Waals surface area contributed by atoms with Crippen LogP contribution in [0.1, 0.15) is 0 Å². The number of anilines is 2. The Balaban J connectivity index is 1.69. The third-order valence-electron chi connectivity index (χ3n) is 3.37. The number of fused-ring (bicyclic) bond motifs is 1. The molecule has 5 nitrogen and oxygen atoms in total. The van der Waals surface area contributed by atoms with Crippen LogP contribution in [0.5, 0.6) is 0 Å². The Kier molecular flexibility index (Phi) is 3.06. The summed E-state index contributed by atoms with van der Waals surface area (Å²) in [4.78, 5) is 14.2. The second-order valence-corrected chi connectivity index (χ2v) is 4.56. The Morgan fingerprint density at radius 2 is 1.94 bits per heavy atom. The van der Waals surface area contributed by atoms with Gasteiger partial charge in [0.15, 0.2) is 0 Å². The van der Waals surface area contributed by atoms with E-state index in [9.17, 15) is 4.79 Å². The molecule has 1 aromatic rings. The molecule has 1 fully saturated rings. The second kappa shape index (κ2) is 4.86. The molecule has 1 aromatic carbocycles. The highest BCUT2D eigenvalue weighted by atomic mass is 16.5. The lowest BCUT2D eigenvalue weighted by Crippen LogP contribution is -2.51. The van der Waals surface area contributed by atoms with Gasteiger partial charge in [-0.25, -0.2) is 0 Å². The standard InChI is InChI=1S/C13H17N3O2/c17-13(16-5-7-18-8-6-16)12-9-14-10-3-1-2-4-11(10)15-12/h1-4,12,14-15H,5-9H2. The van der Waals surface area contributed by atoms with Gasteiger partial charge in [-0.3, -0.25) is 4.79 Å². The number of hydrogen-bond acceptors (Lipinski definition) is 4. The second-order valence-electron chi connectivity index (χ2n) is 4.56. The van der Waals surface area contributed by atoms with Gasteiger partial charge in [0.25, 0.3) is 0 Å². The number of nitrogens with zero attached hydrogens (tertiary/aromatic N) is 1. The van der Waals surface area contributed by atoms with Gasteiger partial charge in [0.05, 0.1) is 24.6 Å². The number of nitrogens with one attached hydrogen (secondary N) is 2. The Bertz CT molecular complexity index is 444. The van der Waals surface area contributed by atoms with Crippen LogP contribution in [-0.4, -0.2) is 49.7 Å². The van der Waals surface area contributed by atoms with E-state index in [4.69, 9.17) is 4.74 Å². The summed E-state index contributed by atoms with van der Waals surface area (Å²) >= 11 is 0. The van der Waals surface area contributed by atoms with E-state index in [-0.39, 0.29) is 11.9 Å². The van der Waals surface area contributed by atoms with E-state index in [0.29, 0.717) is 32.8 Å². The van der Waals surface area contributed by atoms with Crippen molar-refractivity contribution in [3.05, 3.63) is 24.3 Å². The minimum atomic E-state index is -0.182. The molecule has 2 heterocycles. The van der Waals surface area contributed by atoms with Crippen LogP contribution in [0, 0.1) is 0 Å². The fourth-order valence-electron chi connectivity index (χ4n) is 2.37. The van der Waals surface area contributed by atoms with Crippen LogP contribution in [0.15, 0.2) is 24.3 Å². The molecule has 96 valence electrons. The number of ether oxygens (including phenoxy) is 1. The van der Waals surface area contributed by atoms with Crippen molar-refractivity contribution in [3.63, 3.8) is 0 Å². The van der Waals surface area contributed by atoms with Gasteiger partial charge in [0, 0.05) is 19.6 Å². The maximum atomic E-state index is 12.3. The van der Waals surface area contributed by atoms with Gasteiger partial charge in [0.1, 0.15) is 6.04 Å². The number of carbonyl (C=O) groups excluding carboxylic acids is 1. The van der Waals surface area contributed by atoms with Gasteiger partial charge in [0.2, 0.25) is 5.91 Å². The van der Waals surface area contributed by atoms with Crippen LogP contribution >= 0.6 is 0 Å². The molecular formula is C13H17N3O2. The fraction of sp³-hybridized carbons (Fsp3) is 0.462. The molecule has 2 aliphatic rings. The molecule has 0 spiro atoms. The molecule has 1 unspecified atom stereocenters. The summed E-state index contributed by atoms with van der Waals surface area (Å²) in [7, 11) is 0. The average molecular weight is 247 g/mol. The highest BCUT2D eigenvalue weighted by Crippen LogP contribution is 2.25. The van der Waals surface area contributed by atoms with Crippen LogP contribution < -0.4 is 10.6 Å². The van der Waals surface area contributed by atoms with Crippen molar-refractivity contribution in [2.75, 3.05) is 43.5 Å². The number of para-hydroxylation sites is 2. The normalized spacial score (nSPS) is 22.7. The Morgan fingerprint density at radius 3 is 2.72 bits per heavy atom. The summed E-state index contributed by atoms with van der Waals surface area (Å²) in [6.45, 7) is 3.30. The zero-order chi connectivity index (χ0) is 12.4. The lowest BCUT2D eigenvalue weighted by Gasteiger charge is -2.33. The molecule has 1 amide bonds. The summed E-state index contributed by atoms with van der Waals surface area (Å²) in [6, 6.07) is 7.77. The minimum absolute atomic E-state index is 0.153. The van der Waals surface area contributed by atoms with Crippen LogP contribution in [0.3, 0.4) is 0 Å². The van der Waals surface area contributed by atoms with Crippen molar-refractivity contribution >= 4 is 17.3 Å². The van der Waals surface area contributed by atoms with Gasteiger partial charge in [-0.2, -0.15) is 0 Å². The van der Waals surface area contributed by atoms with Crippen LogP contribution in [0.2, 0.25) is 0 Å². The number of carbonyl (C=O) groups is 1. The minimum Gasteiger partial charge on any atom is -0.381 e. The number of amides is 1. The predicted molar refractivity (Wildman–Crippen MR) is 69.7 cm³/mol. The quantitative estimate of drug-likeness (QED) is 0.769. The van der Waals surface area contributed by atoms with E-state index in [1.807, 2.05) is 29.2 Å². The molecule has 5 heteroatoms. The summed E-state index contributed by atoms with van der Waals surface area (Å²) in [5, 5.41) is 6.59. The van der Waals surface area contributed by atoms with E-state index in [1.165, 1.54) is 0 Å². The molecule has 0 bridgehead atoms. The first-order valence-corrected chi connectivity index (χ1v) is 6.30. The van der Waals surface area contributed by atoms with Crippen LogP contribution in [0.25, 0.3) is 0 Å². The summed E-state index contributed by atoms with van der Waals surface area (Å²) in [5.41, 5.74) is 2.05. The average Bonchev–Trinajstić information content (AvgIpc) is 2.47. The van der Waals surface area contributed by atoms with Gasteiger partial charge in [-0.15, -0.1) is 0 Å². The first kappa shape index (κ1) is 11.3. The third-order valence-corrected chi connectivity index (χ3v) is 3.37. The summed E-state index contributed by atoms with van der Waals surface area (Å²) in [5.74, 6) is 0.153. The molecule has 3 rings (SSSR count). The lowest BCUT2D eigenvalue weighted by atomic mass is 10.1. The van der Waals surface area contributed by atoms with Crippen molar-refractivity contribution < 1.29 is 9.53 Å². The van der Waals surface area contributed by atoms with Crippen molar-refractivity contribution in [2.45, 2.75) is 6.04 Å². The highest BCUT2D eigenvalue weighted by Gasteiger charge is 2.28. The molecule has 1 atom stereocenters. The monoisotopic (exact) mass is 247 g/mol. The molecule has 0 radical (unpaired) electrons. The zero-order valence-corrected chi connectivity index (χ0v) is 10.2. The first-order chi connectivity index (χ1) is 8.84. The molecule has 2 aliphatic heterocycles. The maximum Gasteiger partial charge on any atom is 0.247 e. The molecule has 0 saturated carbocycles. The van der Waals surface area contributed by atoms with Gasteiger partial charge in [-0.1, -0.05) is 12.1 Å². The van der Waals surface area contributed by atoms with Gasteiger partial charge < -0.3 is 20.3 Å². The zero-order valence-electron chi connectivity index (χ0n) is 10.2. The van der Waals surface area contributed by atoms with E-state index < -0.39 is 0 Å². The number of hydrogen-bond donors (Lipinski definition) is 2. The van der Waals surface area contributed by atoms with Gasteiger partial charge in [-0.05, 0) is 12.1 Å². The summed E-state index contributed by atoms with van der Waals surface area (Å²) < 4.78 is 5.26. The van der Waals surface area contributed by atoms with Crippen molar-refractivity contribution in [1.82, 2.24) is 4.90 Å². The SMILES string of the molecule is O=C(C1CNc2ccccc2N1)N1CCOCC1. The predicted octanol–water partition coefficient (Wildman–Crippen LogP) is 0.751. The summed E-state index contributed by atoms with van der Waals surface area (Å²) in [6.07, 6.45) is 0. The molecule has 0 aromatic heterocycles.